The molecule has 1 atom stereocenters. The Labute approximate surface area is 248 Å². The van der Waals surface area contributed by atoms with Crippen molar-refractivity contribution in [1.29, 1.82) is 0 Å². The average Bonchev–Trinajstić information content (AvgIpc) is 3.40. The Hall–Kier alpha value is -3.14. The SMILES string of the molecule is COc1ccc(OC)c(C2CC(c3ccccc3Cl)=NN2C(=O)CN(CCN2CCOCC2)C(=O)CC(C)(C)C)c1. The van der Waals surface area contributed by atoms with Gasteiger partial charge in [-0.25, -0.2) is 5.01 Å². The third-order valence-corrected chi connectivity index (χ3v) is 7.63. The molecule has 41 heavy (non-hydrogen) atoms. The number of hydrogen-bond donors (Lipinski definition) is 0. The highest BCUT2D eigenvalue weighted by Crippen LogP contribution is 2.40. The first-order valence-corrected chi connectivity index (χ1v) is 14.4. The monoisotopic (exact) mass is 584 g/mol. The molecule has 2 aliphatic rings. The lowest BCUT2D eigenvalue weighted by Crippen LogP contribution is -2.47. The predicted octanol–water partition coefficient (Wildman–Crippen LogP) is 4.63. The number of amides is 2. The fourth-order valence-electron chi connectivity index (χ4n) is 5.12. The maximum Gasteiger partial charge on any atom is 0.262 e. The Morgan fingerprint density at radius 3 is 2.49 bits per heavy atom. The third-order valence-electron chi connectivity index (χ3n) is 7.30. The summed E-state index contributed by atoms with van der Waals surface area (Å²) in [5, 5.41) is 6.85. The fraction of sp³-hybridized carbons (Fsp3) is 0.516. The largest absolute Gasteiger partial charge is 0.497 e. The summed E-state index contributed by atoms with van der Waals surface area (Å²) in [5.41, 5.74) is 2.02. The van der Waals surface area contributed by atoms with E-state index in [0.717, 1.165) is 24.2 Å². The lowest BCUT2D eigenvalue weighted by atomic mass is 9.91. The number of carbonyl (C=O) groups is 2. The molecule has 4 rings (SSSR count). The lowest BCUT2D eigenvalue weighted by Gasteiger charge is -2.32. The van der Waals surface area contributed by atoms with E-state index in [4.69, 9.17) is 30.9 Å². The van der Waals surface area contributed by atoms with Gasteiger partial charge in [0.05, 0.1) is 39.2 Å². The zero-order valence-electron chi connectivity index (χ0n) is 24.7. The zero-order valence-corrected chi connectivity index (χ0v) is 25.4. The molecule has 0 spiro atoms. The van der Waals surface area contributed by atoms with E-state index >= 15 is 0 Å². The standard InChI is InChI=1S/C31H41ClN4O5/c1-31(2,3)20-29(37)35(13-12-34-14-16-41-17-15-34)21-30(38)36-27(24-18-22(39-4)10-11-28(24)40-5)19-26(33-36)23-8-6-7-9-25(23)32/h6-11,18,27H,12-17,19-21H2,1-5H3. The highest BCUT2D eigenvalue weighted by atomic mass is 35.5. The maximum absolute atomic E-state index is 14.1. The molecule has 0 saturated carbocycles. The molecule has 0 aromatic heterocycles. The van der Waals surface area contributed by atoms with E-state index in [2.05, 4.69) is 4.90 Å². The van der Waals surface area contributed by atoms with Crippen LogP contribution in [0.1, 0.15) is 50.8 Å². The summed E-state index contributed by atoms with van der Waals surface area (Å²) in [5.74, 6) is 0.944. The first-order valence-electron chi connectivity index (χ1n) is 14.0. The molecule has 9 nitrogen and oxygen atoms in total. The molecule has 1 fully saturated rings. The number of benzene rings is 2. The molecular formula is C31H41ClN4O5. The van der Waals surface area contributed by atoms with Crippen molar-refractivity contribution >= 4 is 29.1 Å². The highest BCUT2D eigenvalue weighted by Gasteiger charge is 2.37. The summed E-state index contributed by atoms with van der Waals surface area (Å²) in [6, 6.07) is 12.5. The molecule has 222 valence electrons. The van der Waals surface area contributed by atoms with E-state index in [1.807, 2.05) is 63.2 Å². The predicted molar refractivity (Wildman–Crippen MR) is 160 cm³/mol. The van der Waals surface area contributed by atoms with Gasteiger partial charge in [-0.15, -0.1) is 0 Å². The van der Waals surface area contributed by atoms with E-state index in [0.29, 0.717) is 61.4 Å². The first kappa shape index (κ1) is 30.8. The van der Waals surface area contributed by atoms with E-state index in [1.54, 1.807) is 19.1 Å². The summed E-state index contributed by atoms with van der Waals surface area (Å²) < 4.78 is 16.6. The Balaban J connectivity index is 1.65. The molecule has 0 N–H and O–H groups in total. The third kappa shape index (κ3) is 7.99. The van der Waals surface area contributed by atoms with E-state index in [9.17, 15) is 9.59 Å². The minimum atomic E-state index is -0.461. The summed E-state index contributed by atoms with van der Waals surface area (Å²) in [4.78, 5) is 31.5. The van der Waals surface area contributed by atoms with Gasteiger partial charge in [-0.1, -0.05) is 50.6 Å². The van der Waals surface area contributed by atoms with Crippen molar-refractivity contribution < 1.29 is 23.8 Å². The summed E-state index contributed by atoms with van der Waals surface area (Å²) in [6.07, 6.45) is 0.771. The molecule has 2 amide bonds. The van der Waals surface area contributed by atoms with Crippen molar-refractivity contribution in [3.63, 3.8) is 0 Å². The van der Waals surface area contributed by atoms with Crippen LogP contribution in [-0.4, -0.2) is 92.5 Å². The Morgan fingerprint density at radius 2 is 1.83 bits per heavy atom. The topological polar surface area (TPSA) is 83.9 Å². The van der Waals surface area contributed by atoms with E-state index < -0.39 is 6.04 Å². The van der Waals surface area contributed by atoms with Crippen molar-refractivity contribution in [3.05, 3.63) is 58.6 Å². The number of carbonyl (C=O) groups excluding carboxylic acids is 2. The highest BCUT2D eigenvalue weighted by molar-refractivity contribution is 6.34. The number of ether oxygens (including phenoxy) is 3. The van der Waals surface area contributed by atoms with Gasteiger partial charge in [0.2, 0.25) is 5.91 Å². The second-order valence-corrected chi connectivity index (χ2v) is 12.0. The molecule has 2 aliphatic heterocycles. The molecule has 0 bridgehead atoms. The van der Waals surface area contributed by atoms with Crippen molar-refractivity contribution in [3.8, 4) is 11.5 Å². The van der Waals surface area contributed by atoms with Gasteiger partial charge in [0.25, 0.3) is 5.91 Å². The average molecular weight is 585 g/mol. The Bertz CT molecular complexity index is 1260. The maximum atomic E-state index is 14.1. The Kier molecular flexibility index (Phi) is 10.3. The van der Waals surface area contributed by atoms with Gasteiger partial charge in [-0.05, 0) is 29.7 Å². The number of hydrazone groups is 1. The van der Waals surface area contributed by atoms with Crippen LogP contribution in [0.2, 0.25) is 5.02 Å². The van der Waals surface area contributed by atoms with Crippen LogP contribution in [0.25, 0.3) is 0 Å². The van der Waals surface area contributed by atoms with Gasteiger partial charge >= 0.3 is 0 Å². The summed E-state index contributed by atoms with van der Waals surface area (Å²) in [6.45, 7) is 10.1. The number of rotatable bonds is 10. The molecular weight excluding hydrogens is 544 g/mol. The Morgan fingerprint density at radius 1 is 1.10 bits per heavy atom. The number of nitrogens with zero attached hydrogens (tertiary/aromatic N) is 4. The van der Waals surface area contributed by atoms with Crippen LogP contribution >= 0.6 is 11.6 Å². The molecule has 2 aromatic carbocycles. The zero-order chi connectivity index (χ0) is 29.6. The van der Waals surface area contributed by atoms with Gasteiger partial charge in [-0.2, -0.15) is 5.10 Å². The van der Waals surface area contributed by atoms with Gasteiger partial charge < -0.3 is 19.1 Å². The summed E-state index contributed by atoms with van der Waals surface area (Å²) in [7, 11) is 3.20. The second-order valence-electron chi connectivity index (χ2n) is 11.6. The number of morpholine rings is 1. The van der Waals surface area contributed by atoms with Crippen molar-refractivity contribution in [1.82, 2.24) is 14.8 Å². The molecule has 1 unspecified atom stereocenters. The van der Waals surface area contributed by atoms with E-state index in [-0.39, 0.29) is 23.8 Å². The van der Waals surface area contributed by atoms with Crippen LogP contribution in [0.5, 0.6) is 11.5 Å². The number of hydrogen-bond acceptors (Lipinski definition) is 7. The van der Waals surface area contributed by atoms with E-state index in [1.165, 1.54) is 5.01 Å². The van der Waals surface area contributed by atoms with Gasteiger partial charge in [0, 0.05) is 55.2 Å². The van der Waals surface area contributed by atoms with Crippen molar-refractivity contribution in [2.45, 2.75) is 39.7 Å². The van der Waals surface area contributed by atoms with Gasteiger partial charge in [0.15, 0.2) is 0 Å². The number of methoxy groups -OCH3 is 2. The minimum absolute atomic E-state index is 0.0517. The quantitative estimate of drug-likeness (QED) is 0.405. The van der Waals surface area contributed by atoms with Crippen molar-refractivity contribution in [2.75, 3.05) is 60.2 Å². The first-order chi connectivity index (χ1) is 19.6. The molecule has 2 aromatic rings. The van der Waals surface area contributed by atoms with Crippen LogP contribution in [0, 0.1) is 5.41 Å². The fourth-order valence-corrected chi connectivity index (χ4v) is 5.37. The normalized spacial score (nSPS) is 17.8. The smallest absolute Gasteiger partial charge is 0.262 e. The van der Waals surface area contributed by atoms with Crippen LogP contribution in [0.15, 0.2) is 47.6 Å². The van der Waals surface area contributed by atoms with Gasteiger partial charge in [-0.3, -0.25) is 14.5 Å². The number of halogens is 1. The molecule has 1 saturated heterocycles. The lowest BCUT2D eigenvalue weighted by molar-refractivity contribution is -0.142. The van der Waals surface area contributed by atoms with Crippen LogP contribution in [0.4, 0.5) is 0 Å². The van der Waals surface area contributed by atoms with Gasteiger partial charge in [0.1, 0.15) is 18.0 Å². The molecule has 10 heteroatoms. The van der Waals surface area contributed by atoms with Crippen molar-refractivity contribution in [2.24, 2.45) is 10.5 Å². The summed E-state index contributed by atoms with van der Waals surface area (Å²) >= 11 is 6.54. The minimum Gasteiger partial charge on any atom is -0.497 e. The van der Waals surface area contributed by atoms with Crippen LogP contribution in [-0.2, 0) is 14.3 Å². The van der Waals surface area contributed by atoms with Crippen LogP contribution < -0.4 is 9.47 Å². The molecule has 0 aliphatic carbocycles. The molecule has 0 radical (unpaired) electrons. The second kappa shape index (κ2) is 13.7. The van der Waals surface area contributed by atoms with Crippen LogP contribution in [0.3, 0.4) is 0 Å². The molecule has 2 heterocycles.